The van der Waals surface area contributed by atoms with E-state index in [4.69, 9.17) is 9.47 Å². The summed E-state index contributed by atoms with van der Waals surface area (Å²) in [5.41, 5.74) is 2.76. The number of carbonyl (C=O) groups excluding carboxylic acids is 1. The number of carbonyl (C=O) groups is 1. The van der Waals surface area contributed by atoms with Crippen LogP contribution in [0.2, 0.25) is 0 Å². The predicted molar refractivity (Wildman–Crippen MR) is 103 cm³/mol. The topological polar surface area (TPSA) is 35.5 Å². The molecule has 0 aliphatic heterocycles. The van der Waals surface area contributed by atoms with Gasteiger partial charge < -0.3 is 9.47 Å². The summed E-state index contributed by atoms with van der Waals surface area (Å²) in [6, 6.07) is 25.1. The summed E-state index contributed by atoms with van der Waals surface area (Å²) in [5, 5.41) is 0. The lowest BCUT2D eigenvalue weighted by atomic mass is 9.85. The first-order valence-electron chi connectivity index (χ1n) is 8.57. The summed E-state index contributed by atoms with van der Waals surface area (Å²) in [6.45, 7) is 0. The minimum Gasteiger partial charge on any atom is -0.497 e. The number of Topliss-reactive ketones (excluding diaryl/α,β-unsaturated/α-hetero) is 1. The van der Waals surface area contributed by atoms with E-state index in [0.717, 1.165) is 22.6 Å². The van der Waals surface area contributed by atoms with E-state index in [-0.39, 0.29) is 11.7 Å². The van der Waals surface area contributed by atoms with Crippen molar-refractivity contribution in [1.29, 1.82) is 0 Å². The van der Waals surface area contributed by atoms with Gasteiger partial charge in [-0.3, -0.25) is 4.79 Å². The Balaban J connectivity index is 1.93. The molecule has 26 heavy (non-hydrogen) atoms. The Bertz CT molecular complexity index is 854. The Hall–Kier alpha value is -3.07. The minimum atomic E-state index is -0.253. The van der Waals surface area contributed by atoms with Crippen molar-refractivity contribution in [3.8, 4) is 11.5 Å². The molecule has 0 heterocycles. The third-order valence-corrected chi connectivity index (χ3v) is 4.47. The first kappa shape index (κ1) is 17.7. The highest BCUT2D eigenvalue weighted by atomic mass is 16.5. The van der Waals surface area contributed by atoms with Crippen molar-refractivity contribution in [3.63, 3.8) is 0 Å². The lowest BCUT2D eigenvalue weighted by Gasteiger charge is -2.17. The molecule has 0 amide bonds. The summed E-state index contributed by atoms with van der Waals surface area (Å²) in [6.07, 6.45) is 0.617. The maximum Gasteiger partial charge on any atom is 0.170 e. The molecule has 3 aromatic carbocycles. The van der Waals surface area contributed by atoms with Gasteiger partial charge in [-0.05, 0) is 53.9 Å². The second kappa shape index (κ2) is 8.34. The molecule has 3 nitrogen and oxygen atoms in total. The number of benzene rings is 3. The van der Waals surface area contributed by atoms with E-state index < -0.39 is 0 Å². The zero-order chi connectivity index (χ0) is 18.4. The lowest BCUT2D eigenvalue weighted by Crippen LogP contribution is -2.16. The monoisotopic (exact) mass is 346 g/mol. The Morgan fingerprint density at radius 3 is 2.15 bits per heavy atom. The van der Waals surface area contributed by atoms with E-state index in [1.54, 1.807) is 14.2 Å². The largest absolute Gasteiger partial charge is 0.497 e. The van der Waals surface area contributed by atoms with E-state index >= 15 is 0 Å². The van der Waals surface area contributed by atoms with Gasteiger partial charge in [0.25, 0.3) is 0 Å². The van der Waals surface area contributed by atoms with Crippen LogP contribution < -0.4 is 9.47 Å². The van der Waals surface area contributed by atoms with E-state index in [0.29, 0.717) is 12.0 Å². The predicted octanol–water partition coefficient (Wildman–Crippen LogP) is 4.91. The fraction of sp³-hybridized carbons (Fsp3) is 0.174. The average Bonchev–Trinajstić information content (AvgIpc) is 2.72. The van der Waals surface area contributed by atoms with Crippen molar-refractivity contribution in [2.45, 2.75) is 12.3 Å². The maximum atomic E-state index is 13.2. The molecule has 0 aliphatic rings. The molecule has 3 aromatic rings. The summed E-state index contributed by atoms with van der Waals surface area (Å²) >= 11 is 0. The van der Waals surface area contributed by atoms with Crippen LogP contribution in [0.4, 0.5) is 0 Å². The van der Waals surface area contributed by atoms with Crippen LogP contribution in [0, 0.1) is 0 Å². The minimum absolute atomic E-state index is 0.0988. The fourth-order valence-corrected chi connectivity index (χ4v) is 3.04. The van der Waals surface area contributed by atoms with Gasteiger partial charge in [0.15, 0.2) is 5.78 Å². The van der Waals surface area contributed by atoms with Gasteiger partial charge in [0.2, 0.25) is 0 Å². The lowest BCUT2D eigenvalue weighted by molar-refractivity contribution is 0.0959. The summed E-state index contributed by atoms with van der Waals surface area (Å²) in [5.74, 6) is 1.38. The molecular weight excluding hydrogens is 324 g/mol. The molecule has 0 N–H and O–H groups in total. The van der Waals surface area contributed by atoms with Crippen LogP contribution in [0.5, 0.6) is 11.5 Å². The summed E-state index contributed by atoms with van der Waals surface area (Å²) in [7, 11) is 3.27. The van der Waals surface area contributed by atoms with E-state index in [2.05, 4.69) is 0 Å². The summed E-state index contributed by atoms with van der Waals surface area (Å²) in [4.78, 5) is 13.2. The SMILES string of the molecule is COc1ccc(C(=O)C(Cc2cccc(OC)c2)c2ccccc2)cc1. The first-order valence-corrected chi connectivity index (χ1v) is 8.57. The molecule has 0 aliphatic carbocycles. The standard InChI is InChI=1S/C23H22O3/c1-25-20-13-11-19(12-14-20)23(24)22(18-8-4-3-5-9-18)16-17-7-6-10-21(15-17)26-2/h3-15,22H,16H2,1-2H3. The molecule has 0 fully saturated rings. The number of rotatable bonds is 7. The Morgan fingerprint density at radius 1 is 0.808 bits per heavy atom. The zero-order valence-electron chi connectivity index (χ0n) is 15.0. The van der Waals surface area contributed by atoms with Crippen molar-refractivity contribution >= 4 is 5.78 Å². The van der Waals surface area contributed by atoms with Gasteiger partial charge >= 0.3 is 0 Å². The van der Waals surface area contributed by atoms with Crippen LogP contribution in [0.3, 0.4) is 0 Å². The Labute approximate surface area is 154 Å². The number of hydrogen-bond acceptors (Lipinski definition) is 3. The molecule has 0 radical (unpaired) electrons. The van der Waals surface area contributed by atoms with Gasteiger partial charge in [0.1, 0.15) is 11.5 Å². The second-order valence-electron chi connectivity index (χ2n) is 6.11. The maximum absolute atomic E-state index is 13.2. The number of methoxy groups -OCH3 is 2. The zero-order valence-corrected chi connectivity index (χ0v) is 15.0. The van der Waals surface area contributed by atoms with E-state index in [9.17, 15) is 4.79 Å². The van der Waals surface area contributed by atoms with Gasteiger partial charge in [-0.15, -0.1) is 0 Å². The molecule has 1 unspecified atom stereocenters. The molecular formula is C23H22O3. The Morgan fingerprint density at radius 2 is 1.50 bits per heavy atom. The summed E-state index contributed by atoms with van der Waals surface area (Å²) < 4.78 is 10.5. The molecule has 1 atom stereocenters. The van der Waals surface area contributed by atoms with Crippen LogP contribution in [0.1, 0.15) is 27.4 Å². The van der Waals surface area contributed by atoms with Gasteiger partial charge in [0, 0.05) is 5.56 Å². The number of hydrogen-bond donors (Lipinski definition) is 0. The van der Waals surface area contributed by atoms with Crippen LogP contribution in [-0.2, 0) is 6.42 Å². The van der Waals surface area contributed by atoms with Gasteiger partial charge in [-0.1, -0.05) is 42.5 Å². The highest BCUT2D eigenvalue weighted by Crippen LogP contribution is 2.27. The molecule has 0 spiro atoms. The van der Waals surface area contributed by atoms with Crippen LogP contribution in [0.25, 0.3) is 0 Å². The second-order valence-corrected chi connectivity index (χ2v) is 6.11. The van der Waals surface area contributed by atoms with Gasteiger partial charge in [-0.25, -0.2) is 0 Å². The van der Waals surface area contributed by atoms with Crippen molar-refractivity contribution in [3.05, 3.63) is 95.6 Å². The fourth-order valence-electron chi connectivity index (χ4n) is 3.04. The molecule has 0 saturated carbocycles. The van der Waals surface area contributed by atoms with Crippen molar-refractivity contribution in [2.75, 3.05) is 14.2 Å². The van der Waals surface area contributed by atoms with Gasteiger partial charge in [0.05, 0.1) is 20.1 Å². The Kier molecular flexibility index (Phi) is 5.69. The van der Waals surface area contributed by atoms with E-state index in [1.165, 1.54) is 0 Å². The van der Waals surface area contributed by atoms with Crippen molar-refractivity contribution in [1.82, 2.24) is 0 Å². The average molecular weight is 346 g/mol. The number of ether oxygens (including phenoxy) is 2. The van der Waals surface area contributed by atoms with E-state index in [1.807, 2.05) is 78.9 Å². The quantitative estimate of drug-likeness (QED) is 0.570. The molecule has 132 valence electrons. The third kappa shape index (κ3) is 4.12. The van der Waals surface area contributed by atoms with Crippen LogP contribution >= 0.6 is 0 Å². The molecule has 3 heteroatoms. The molecule has 3 rings (SSSR count). The molecule has 0 bridgehead atoms. The number of ketones is 1. The highest BCUT2D eigenvalue weighted by Gasteiger charge is 2.22. The van der Waals surface area contributed by atoms with Crippen molar-refractivity contribution in [2.24, 2.45) is 0 Å². The molecule has 0 aromatic heterocycles. The smallest absolute Gasteiger partial charge is 0.170 e. The normalized spacial score (nSPS) is 11.6. The van der Waals surface area contributed by atoms with Crippen LogP contribution in [0.15, 0.2) is 78.9 Å². The highest BCUT2D eigenvalue weighted by molar-refractivity contribution is 6.01. The molecule has 0 saturated heterocycles. The van der Waals surface area contributed by atoms with Crippen molar-refractivity contribution < 1.29 is 14.3 Å². The van der Waals surface area contributed by atoms with Gasteiger partial charge in [-0.2, -0.15) is 0 Å². The third-order valence-electron chi connectivity index (χ3n) is 4.47. The van der Waals surface area contributed by atoms with Crippen LogP contribution in [-0.4, -0.2) is 20.0 Å². The first-order chi connectivity index (χ1) is 12.7.